The van der Waals surface area contributed by atoms with Crippen molar-refractivity contribution in [1.82, 2.24) is 0 Å². The van der Waals surface area contributed by atoms with Gasteiger partial charge in [-0.25, -0.2) is 0 Å². The van der Waals surface area contributed by atoms with Gasteiger partial charge in [0.1, 0.15) is 0 Å². The van der Waals surface area contributed by atoms with Gasteiger partial charge in [-0.05, 0) is 42.7 Å². The second kappa shape index (κ2) is 4.93. The molecular weight excluding hydrogens is 222 g/mol. The van der Waals surface area contributed by atoms with Gasteiger partial charge < -0.3 is 10.4 Å². The van der Waals surface area contributed by atoms with Gasteiger partial charge in [-0.1, -0.05) is 38.0 Å². The van der Waals surface area contributed by atoms with Crippen LogP contribution in [0.1, 0.15) is 38.2 Å². The normalized spacial score (nSPS) is 32.7. The quantitative estimate of drug-likeness (QED) is 0.838. The minimum absolute atomic E-state index is 0.194. The first-order valence-electron chi connectivity index (χ1n) is 7.26. The summed E-state index contributed by atoms with van der Waals surface area (Å²) in [5, 5.41) is 14.1. The third kappa shape index (κ3) is 2.26. The third-order valence-corrected chi connectivity index (χ3v) is 4.67. The van der Waals surface area contributed by atoms with Crippen LogP contribution in [-0.4, -0.2) is 17.3 Å². The van der Waals surface area contributed by atoms with Crippen LogP contribution >= 0.6 is 0 Å². The molecule has 2 N–H and O–H groups in total. The van der Waals surface area contributed by atoms with Crippen molar-refractivity contribution in [1.29, 1.82) is 0 Å². The minimum atomic E-state index is -0.194. The number of rotatable bonds is 2. The molecule has 4 atom stereocenters. The summed E-state index contributed by atoms with van der Waals surface area (Å²) in [6, 6.07) is 8.64. The van der Waals surface area contributed by atoms with Gasteiger partial charge in [-0.3, -0.25) is 0 Å². The lowest BCUT2D eigenvalue weighted by Gasteiger charge is -2.33. The molecule has 1 heterocycles. The average Bonchev–Trinajstić information content (AvgIpc) is 2.81. The molecule has 2 aliphatic rings. The van der Waals surface area contributed by atoms with Gasteiger partial charge in [0.2, 0.25) is 0 Å². The second-order valence-electron chi connectivity index (χ2n) is 6.13. The number of para-hydroxylation sites is 1. The Kier molecular flexibility index (Phi) is 3.29. The van der Waals surface area contributed by atoms with E-state index in [0.717, 1.165) is 12.3 Å². The molecular formula is C16H23NO. The number of anilines is 1. The van der Waals surface area contributed by atoms with E-state index in [1.165, 1.54) is 36.9 Å². The highest BCUT2D eigenvalue weighted by molar-refractivity contribution is 5.56. The molecule has 1 aliphatic heterocycles. The average molecular weight is 245 g/mol. The molecule has 1 aromatic carbocycles. The Morgan fingerprint density at radius 1 is 1.28 bits per heavy atom. The lowest BCUT2D eigenvalue weighted by atomic mass is 9.77. The Morgan fingerprint density at radius 2 is 2.11 bits per heavy atom. The molecule has 1 fully saturated rings. The van der Waals surface area contributed by atoms with Crippen molar-refractivity contribution in [2.24, 2.45) is 11.8 Å². The molecule has 0 bridgehead atoms. The van der Waals surface area contributed by atoms with Crippen molar-refractivity contribution < 1.29 is 5.11 Å². The van der Waals surface area contributed by atoms with Crippen LogP contribution in [0.5, 0.6) is 0 Å². The van der Waals surface area contributed by atoms with Gasteiger partial charge in [0.05, 0.1) is 12.1 Å². The van der Waals surface area contributed by atoms with Gasteiger partial charge in [0.15, 0.2) is 0 Å². The van der Waals surface area contributed by atoms with E-state index in [-0.39, 0.29) is 12.1 Å². The zero-order valence-corrected chi connectivity index (χ0v) is 11.1. The van der Waals surface area contributed by atoms with Crippen molar-refractivity contribution in [3.63, 3.8) is 0 Å². The molecule has 3 rings (SSSR count). The van der Waals surface area contributed by atoms with Gasteiger partial charge >= 0.3 is 0 Å². The maximum absolute atomic E-state index is 10.6. The van der Waals surface area contributed by atoms with Gasteiger partial charge in [-0.15, -0.1) is 0 Å². The summed E-state index contributed by atoms with van der Waals surface area (Å²) in [6.45, 7) is 2.32. The topological polar surface area (TPSA) is 32.3 Å². The molecule has 0 saturated heterocycles. The highest BCUT2D eigenvalue weighted by atomic mass is 16.3. The molecule has 98 valence electrons. The third-order valence-electron chi connectivity index (χ3n) is 4.67. The van der Waals surface area contributed by atoms with Crippen molar-refractivity contribution in [3.8, 4) is 0 Å². The van der Waals surface area contributed by atoms with Crippen molar-refractivity contribution in [3.05, 3.63) is 29.8 Å². The number of aliphatic hydroxyl groups excluding tert-OH is 1. The SMILES string of the molecule is CC1CCCC(C(O)C2Cc3ccccc3N2)C1. The van der Waals surface area contributed by atoms with E-state index in [0.29, 0.717) is 5.92 Å². The molecule has 0 radical (unpaired) electrons. The summed E-state index contributed by atoms with van der Waals surface area (Å²) in [7, 11) is 0. The number of aliphatic hydroxyl groups is 1. The standard InChI is InChI=1S/C16H23NO/c1-11-5-4-7-13(9-11)16(18)15-10-12-6-2-3-8-14(12)17-15/h2-3,6,8,11,13,15-18H,4-5,7,9-10H2,1H3. The van der Waals surface area contributed by atoms with E-state index in [2.05, 4.69) is 36.5 Å². The maximum atomic E-state index is 10.6. The fraction of sp³-hybridized carbons (Fsp3) is 0.625. The van der Waals surface area contributed by atoms with E-state index >= 15 is 0 Å². The number of hydrogen-bond acceptors (Lipinski definition) is 2. The molecule has 0 aromatic heterocycles. The Morgan fingerprint density at radius 3 is 2.89 bits per heavy atom. The fourth-order valence-corrected chi connectivity index (χ4v) is 3.65. The predicted molar refractivity (Wildman–Crippen MR) is 74.7 cm³/mol. The zero-order valence-electron chi connectivity index (χ0n) is 11.1. The molecule has 0 amide bonds. The first-order valence-corrected chi connectivity index (χ1v) is 7.26. The molecule has 2 nitrogen and oxygen atoms in total. The maximum Gasteiger partial charge on any atom is 0.0772 e. The van der Waals surface area contributed by atoms with E-state index in [9.17, 15) is 5.11 Å². The smallest absolute Gasteiger partial charge is 0.0772 e. The number of fused-ring (bicyclic) bond motifs is 1. The van der Waals surface area contributed by atoms with Crippen LogP contribution in [-0.2, 0) is 6.42 Å². The first kappa shape index (κ1) is 12.0. The van der Waals surface area contributed by atoms with Gasteiger partial charge in [0, 0.05) is 5.69 Å². The van der Waals surface area contributed by atoms with Crippen LogP contribution in [0, 0.1) is 11.8 Å². The molecule has 1 aromatic rings. The van der Waals surface area contributed by atoms with Crippen molar-refractivity contribution in [2.75, 3.05) is 5.32 Å². The summed E-state index contributed by atoms with van der Waals surface area (Å²) >= 11 is 0. The second-order valence-corrected chi connectivity index (χ2v) is 6.13. The van der Waals surface area contributed by atoms with E-state index in [1.54, 1.807) is 0 Å². The Balaban J connectivity index is 1.66. The van der Waals surface area contributed by atoms with E-state index in [1.807, 2.05) is 0 Å². The van der Waals surface area contributed by atoms with Crippen LogP contribution in [0.15, 0.2) is 24.3 Å². The van der Waals surface area contributed by atoms with Crippen molar-refractivity contribution in [2.45, 2.75) is 51.2 Å². The Hall–Kier alpha value is -1.02. The summed E-state index contributed by atoms with van der Waals surface area (Å²) in [5.41, 5.74) is 2.57. The van der Waals surface area contributed by atoms with E-state index in [4.69, 9.17) is 0 Å². The lowest BCUT2D eigenvalue weighted by Crippen LogP contribution is -2.39. The Bertz CT molecular complexity index is 392. The summed E-state index contributed by atoms with van der Waals surface area (Å²) < 4.78 is 0. The number of benzene rings is 1. The predicted octanol–water partition coefficient (Wildman–Crippen LogP) is 3.21. The van der Waals surface area contributed by atoms with Gasteiger partial charge in [-0.2, -0.15) is 0 Å². The largest absolute Gasteiger partial charge is 0.391 e. The summed E-state index contributed by atoms with van der Waals surface area (Å²) in [5.74, 6) is 1.27. The van der Waals surface area contributed by atoms with E-state index < -0.39 is 0 Å². The van der Waals surface area contributed by atoms with Crippen LogP contribution in [0.4, 0.5) is 5.69 Å². The minimum Gasteiger partial charge on any atom is -0.391 e. The van der Waals surface area contributed by atoms with Crippen LogP contribution in [0.2, 0.25) is 0 Å². The zero-order chi connectivity index (χ0) is 12.5. The van der Waals surface area contributed by atoms with Crippen molar-refractivity contribution >= 4 is 5.69 Å². The molecule has 1 saturated carbocycles. The van der Waals surface area contributed by atoms with Crippen LogP contribution in [0.3, 0.4) is 0 Å². The fourth-order valence-electron chi connectivity index (χ4n) is 3.65. The highest BCUT2D eigenvalue weighted by Gasteiger charge is 2.33. The molecule has 1 aliphatic carbocycles. The van der Waals surface area contributed by atoms with Crippen LogP contribution in [0.25, 0.3) is 0 Å². The molecule has 18 heavy (non-hydrogen) atoms. The molecule has 4 unspecified atom stereocenters. The summed E-state index contributed by atoms with van der Waals surface area (Å²) in [4.78, 5) is 0. The first-order chi connectivity index (χ1) is 8.74. The Labute approximate surface area is 109 Å². The highest BCUT2D eigenvalue weighted by Crippen LogP contribution is 2.35. The molecule has 0 spiro atoms. The lowest BCUT2D eigenvalue weighted by molar-refractivity contribution is 0.0578. The monoisotopic (exact) mass is 245 g/mol. The summed E-state index contributed by atoms with van der Waals surface area (Å²) in [6.07, 6.45) is 5.78. The van der Waals surface area contributed by atoms with Crippen LogP contribution < -0.4 is 5.32 Å². The number of hydrogen-bond donors (Lipinski definition) is 2. The number of nitrogens with one attached hydrogen (secondary N) is 1. The molecule has 2 heteroatoms. The van der Waals surface area contributed by atoms with Gasteiger partial charge in [0.25, 0.3) is 0 Å².